The molecule has 0 saturated heterocycles. The van der Waals surface area contributed by atoms with E-state index in [-0.39, 0.29) is 5.84 Å². The molecule has 0 radical (unpaired) electrons. The van der Waals surface area contributed by atoms with Crippen molar-refractivity contribution < 1.29 is 4.74 Å². The Labute approximate surface area is 130 Å². The van der Waals surface area contributed by atoms with Gasteiger partial charge in [0.1, 0.15) is 11.6 Å². The Morgan fingerprint density at radius 1 is 1.19 bits per heavy atom. The van der Waals surface area contributed by atoms with Crippen LogP contribution in [0, 0.1) is 19.3 Å². The molecule has 0 bridgehead atoms. The molecule has 0 amide bonds. The third-order valence-corrected chi connectivity index (χ3v) is 4.53. The first-order chi connectivity index (χ1) is 10.0. The molecule has 110 valence electrons. The Morgan fingerprint density at radius 2 is 1.95 bits per heavy atom. The van der Waals surface area contributed by atoms with Gasteiger partial charge in [-0.1, -0.05) is 17.7 Å². The molecule has 4 heteroatoms. The van der Waals surface area contributed by atoms with Crippen LogP contribution in [0.3, 0.4) is 0 Å². The fourth-order valence-electron chi connectivity index (χ4n) is 2.18. The molecule has 0 aliphatic carbocycles. The van der Waals surface area contributed by atoms with Crippen molar-refractivity contribution in [1.82, 2.24) is 0 Å². The van der Waals surface area contributed by atoms with Crippen LogP contribution in [0.25, 0.3) is 0 Å². The first-order valence-corrected chi connectivity index (χ1v) is 7.71. The number of benzene rings is 2. The second kappa shape index (κ2) is 6.68. The zero-order chi connectivity index (χ0) is 15.4. The van der Waals surface area contributed by atoms with Gasteiger partial charge >= 0.3 is 0 Å². The van der Waals surface area contributed by atoms with Crippen molar-refractivity contribution in [2.75, 3.05) is 7.11 Å². The minimum Gasteiger partial charge on any atom is -0.496 e. The number of rotatable bonds is 5. The molecule has 0 unspecified atom stereocenters. The number of thioether (sulfide) groups is 1. The number of nitrogens with two attached hydrogens (primary N) is 1. The van der Waals surface area contributed by atoms with Crippen LogP contribution in [0.5, 0.6) is 5.75 Å². The molecule has 0 atom stereocenters. The normalized spacial score (nSPS) is 10.4. The maximum Gasteiger partial charge on any atom is 0.122 e. The third-order valence-electron chi connectivity index (χ3n) is 3.31. The smallest absolute Gasteiger partial charge is 0.122 e. The molecule has 0 spiro atoms. The summed E-state index contributed by atoms with van der Waals surface area (Å²) in [6.45, 7) is 4.22. The minimum atomic E-state index is 0.0791. The first kappa shape index (κ1) is 15.4. The monoisotopic (exact) mass is 300 g/mol. The predicted molar refractivity (Wildman–Crippen MR) is 89.5 cm³/mol. The molecule has 0 saturated carbocycles. The Balaban J connectivity index is 2.22. The molecule has 2 aromatic rings. The zero-order valence-corrected chi connectivity index (χ0v) is 13.4. The van der Waals surface area contributed by atoms with Gasteiger partial charge < -0.3 is 10.5 Å². The second-order valence-electron chi connectivity index (χ2n) is 5.00. The van der Waals surface area contributed by atoms with E-state index in [0.717, 1.165) is 22.6 Å². The summed E-state index contributed by atoms with van der Waals surface area (Å²) >= 11 is 1.77. The Kier molecular flexibility index (Phi) is 4.91. The summed E-state index contributed by atoms with van der Waals surface area (Å²) in [5, 5.41) is 7.54. The number of nitrogens with one attached hydrogen (secondary N) is 1. The molecule has 21 heavy (non-hydrogen) atoms. The maximum absolute atomic E-state index is 7.54. The summed E-state index contributed by atoms with van der Waals surface area (Å²) < 4.78 is 5.39. The largest absolute Gasteiger partial charge is 0.496 e. The fourth-order valence-corrected chi connectivity index (χ4v) is 3.16. The predicted octanol–water partition coefficient (Wildman–Crippen LogP) is 3.89. The van der Waals surface area contributed by atoms with Gasteiger partial charge in [0.15, 0.2) is 0 Å². The van der Waals surface area contributed by atoms with Gasteiger partial charge in [-0.3, -0.25) is 5.41 Å². The molecule has 3 N–H and O–H groups in total. The SMILES string of the molecule is COc1ccc(C(=N)N)cc1CSc1ccc(C)cc1C. The van der Waals surface area contributed by atoms with E-state index in [1.807, 2.05) is 18.2 Å². The lowest BCUT2D eigenvalue weighted by atomic mass is 10.1. The summed E-state index contributed by atoms with van der Waals surface area (Å²) in [4.78, 5) is 1.26. The summed E-state index contributed by atoms with van der Waals surface area (Å²) in [5.41, 5.74) is 9.89. The zero-order valence-electron chi connectivity index (χ0n) is 12.6. The van der Waals surface area contributed by atoms with Gasteiger partial charge in [-0.25, -0.2) is 0 Å². The highest BCUT2D eigenvalue weighted by Crippen LogP contribution is 2.30. The van der Waals surface area contributed by atoms with Crippen molar-refractivity contribution >= 4 is 17.6 Å². The van der Waals surface area contributed by atoms with Crippen LogP contribution in [0.4, 0.5) is 0 Å². The van der Waals surface area contributed by atoms with Crippen LogP contribution in [0.1, 0.15) is 22.3 Å². The van der Waals surface area contributed by atoms with Crippen molar-refractivity contribution in [2.45, 2.75) is 24.5 Å². The van der Waals surface area contributed by atoms with Crippen LogP contribution in [0.15, 0.2) is 41.3 Å². The van der Waals surface area contributed by atoms with Gasteiger partial charge in [-0.05, 0) is 43.7 Å². The molecular formula is C17H20N2OS. The molecule has 3 nitrogen and oxygen atoms in total. The number of hydrogen-bond acceptors (Lipinski definition) is 3. The van der Waals surface area contributed by atoms with Gasteiger partial charge in [0, 0.05) is 21.8 Å². The minimum absolute atomic E-state index is 0.0791. The fraction of sp³-hybridized carbons (Fsp3) is 0.235. The van der Waals surface area contributed by atoms with E-state index in [0.29, 0.717) is 0 Å². The molecule has 0 aliphatic rings. The van der Waals surface area contributed by atoms with Crippen molar-refractivity contribution in [3.8, 4) is 5.75 Å². The van der Waals surface area contributed by atoms with Gasteiger partial charge in [0.25, 0.3) is 0 Å². The third kappa shape index (κ3) is 3.79. The first-order valence-electron chi connectivity index (χ1n) is 6.72. The van der Waals surface area contributed by atoms with Crippen molar-refractivity contribution in [3.63, 3.8) is 0 Å². The van der Waals surface area contributed by atoms with Crippen molar-refractivity contribution in [2.24, 2.45) is 5.73 Å². The van der Waals surface area contributed by atoms with E-state index in [2.05, 4.69) is 32.0 Å². The van der Waals surface area contributed by atoms with Crippen LogP contribution in [-0.4, -0.2) is 12.9 Å². The van der Waals surface area contributed by atoms with Crippen LogP contribution < -0.4 is 10.5 Å². The molecule has 2 aromatic carbocycles. The lowest BCUT2D eigenvalue weighted by Gasteiger charge is -2.11. The van der Waals surface area contributed by atoms with E-state index < -0.39 is 0 Å². The van der Waals surface area contributed by atoms with Crippen molar-refractivity contribution in [1.29, 1.82) is 5.41 Å². The number of hydrogen-bond donors (Lipinski definition) is 2. The highest BCUT2D eigenvalue weighted by Gasteiger charge is 2.08. The number of methoxy groups -OCH3 is 1. The van der Waals surface area contributed by atoms with Crippen LogP contribution >= 0.6 is 11.8 Å². The number of ether oxygens (including phenoxy) is 1. The Morgan fingerprint density at radius 3 is 2.57 bits per heavy atom. The van der Waals surface area contributed by atoms with Gasteiger partial charge in [-0.2, -0.15) is 0 Å². The quantitative estimate of drug-likeness (QED) is 0.500. The second-order valence-corrected chi connectivity index (χ2v) is 6.02. The molecule has 0 heterocycles. The lowest BCUT2D eigenvalue weighted by molar-refractivity contribution is 0.411. The summed E-state index contributed by atoms with van der Waals surface area (Å²) in [7, 11) is 1.66. The molecular weight excluding hydrogens is 280 g/mol. The summed E-state index contributed by atoms with van der Waals surface area (Å²) in [5.74, 6) is 1.70. The summed E-state index contributed by atoms with van der Waals surface area (Å²) in [6, 6.07) is 12.1. The standard InChI is InChI=1S/C17H20N2OS/c1-11-4-7-16(12(2)8-11)21-10-14-9-13(17(18)19)5-6-15(14)20-3/h4-9H,10H2,1-3H3,(H3,18,19). The van der Waals surface area contributed by atoms with E-state index in [9.17, 15) is 0 Å². The molecule has 0 aromatic heterocycles. The Hall–Kier alpha value is -1.94. The van der Waals surface area contributed by atoms with Gasteiger partial charge in [0.05, 0.1) is 7.11 Å². The highest BCUT2D eigenvalue weighted by atomic mass is 32.2. The van der Waals surface area contributed by atoms with E-state index in [1.165, 1.54) is 16.0 Å². The van der Waals surface area contributed by atoms with E-state index in [4.69, 9.17) is 15.9 Å². The van der Waals surface area contributed by atoms with Crippen molar-refractivity contribution in [3.05, 3.63) is 58.7 Å². The number of nitrogen functional groups attached to an aromatic ring is 1. The van der Waals surface area contributed by atoms with Crippen LogP contribution in [-0.2, 0) is 5.75 Å². The summed E-state index contributed by atoms with van der Waals surface area (Å²) in [6.07, 6.45) is 0. The number of aryl methyl sites for hydroxylation is 2. The average molecular weight is 300 g/mol. The lowest BCUT2D eigenvalue weighted by Crippen LogP contribution is -2.11. The molecule has 0 fully saturated rings. The molecule has 2 rings (SSSR count). The topological polar surface area (TPSA) is 59.1 Å². The van der Waals surface area contributed by atoms with E-state index in [1.54, 1.807) is 18.9 Å². The Bertz CT molecular complexity index is 668. The average Bonchev–Trinajstić information content (AvgIpc) is 2.46. The maximum atomic E-state index is 7.54. The highest BCUT2D eigenvalue weighted by molar-refractivity contribution is 7.98. The number of amidine groups is 1. The van der Waals surface area contributed by atoms with Gasteiger partial charge in [0.2, 0.25) is 0 Å². The van der Waals surface area contributed by atoms with E-state index >= 15 is 0 Å². The van der Waals surface area contributed by atoms with Crippen LogP contribution in [0.2, 0.25) is 0 Å². The molecule has 0 aliphatic heterocycles. The van der Waals surface area contributed by atoms with Gasteiger partial charge in [-0.15, -0.1) is 11.8 Å².